The van der Waals surface area contributed by atoms with Gasteiger partial charge in [0.15, 0.2) is 5.82 Å². The van der Waals surface area contributed by atoms with Crippen molar-refractivity contribution in [3.8, 4) is 22.8 Å². The fraction of sp³-hybridized carbons (Fsp3) is 0.0870. The lowest BCUT2D eigenvalue weighted by Crippen LogP contribution is -2.15. The largest absolute Gasteiger partial charge is 0.497 e. The van der Waals surface area contributed by atoms with E-state index in [0.717, 1.165) is 28.3 Å². The van der Waals surface area contributed by atoms with E-state index >= 15 is 0 Å². The van der Waals surface area contributed by atoms with Gasteiger partial charge in [-0.1, -0.05) is 29.8 Å². The number of hydrogen-bond donors (Lipinski definition) is 1. The van der Waals surface area contributed by atoms with E-state index < -0.39 is 0 Å². The molecule has 150 valence electrons. The van der Waals surface area contributed by atoms with Crippen molar-refractivity contribution in [1.29, 1.82) is 0 Å². The molecule has 30 heavy (non-hydrogen) atoms. The minimum atomic E-state index is -0.383. The lowest BCUT2D eigenvalue weighted by Gasteiger charge is -2.07. The molecule has 1 heterocycles. The Labute approximate surface area is 179 Å². The molecule has 6 nitrogen and oxygen atoms in total. The summed E-state index contributed by atoms with van der Waals surface area (Å²) in [4.78, 5) is 17.4. The predicted molar refractivity (Wildman–Crippen MR) is 117 cm³/mol. The van der Waals surface area contributed by atoms with Gasteiger partial charge in [0, 0.05) is 16.3 Å². The van der Waals surface area contributed by atoms with Crippen molar-refractivity contribution in [2.45, 2.75) is 6.92 Å². The van der Waals surface area contributed by atoms with Crippen LogP contribution in [0.25, 0.3) is 17.1 Å². The first-order valence-corrected chi connectivity index (χ1v) is 9.67. The van der Waals surface area contributed by atoms with Gasteiger partial charge in [0.2, 0.25) is 5.82 Å². The van der Waals surface area contributed by atoms with E-state index in [0.29, 0.717) is 10.8 Å². The van der Waals surface area contributed by atoms with E-state index in [4.69, 9.17) is 16.3 Å². The lowest BCUT2D eigenvalue weighted by atomic mass is 10.2. The number of rotatable bonds is 5. The van der Waals surface area contributed by atoms with Gasteiger partial charge in [-0.15, -0.1) is 5.10 Å². The first kappa shape index (κ1) is 19.7. The third kappa shape index (κ3) is 4.04. The van der Waals surface area contributed by atoms with Crippen LogP contribution >= 0.6 is 11.6 Å². The van der Waals surface area contributed by atoms with Crippen LogP contribution in [0, 0.1) is 6.92 Å². The molecule has 0 bridgehead atoms. The van der Waals surface area contributed by atoms with E-state index in [1.807, 2.05) is 67.6 Å². The maximum absolute atomic E-state index is 12.9. The van der Waals surface area contributed by atoms with Gasteiger partial charge in [-0.25, -0.2) is 9.67 Å². The number of carbonyl (C=O) groups excluding carboxylic acids is 1. The minimum Gasteiger partial charge on any atom is -0.497 e. The normalized spacial score (nSPS) is 10.6. The number of nitrogens with zero attached hydrogens (tertiary/aromatic N) is 3. The molecule has 1 amide bonds. The summed E-state index contributed by atoms with van der Waals surface area (Å²) in [6, 6.07) is 22.2. The number of ether oxygens (including phenoxy) is 1. The molecule has 3 aromatic carbocycles. The molecule has 4 aromatic rings. The molecule has 0 spiro atoms. The summed E-state index contributed by atoms with van der Waals surface area (Å²) < 4.78 is 6.86. The van der Waals surface area contributed by atoms with Crippen LogP contribution in [-0.2, 0) is 0 Å². The van der Waals surface area contributed by atoms with E-state index in [-0.39, 0.29) is 11.7 Å². The van der Waals surface area contributed by atoms with Gasteiger partial charge in [-0.05, 0) is 67.1 Å². The van der Waals surface area contributed by atoms with E-state index in [2.05, 4.69) is 15.4 Å². The van der Waals surface area contributed by atoms with Gasteiger partial charge < -0.3 is 10.1 Å². The average Bonchev–Trinajstić information content (AvgIpc) is 3.21. The monoisotopic (exact) mass is 418 g/mol. The van der Waals surface area contributed by atoms with Crippen molar-refractivity contribution >= 4 is 23.2 Å². The Morgan fingerprint density at radius 1 is 1.00 bits per heavy atom. The Morgan fingerprint density at radius 2 is 1.70 bits per heavy atom. The molecule has 0 aliphatic rings. The summed E-state index contributed by atoms with van der Waals surface area (Å²) in [5.41, 5.74) is 3.22. The van der Waals surface area contributed by atoms with Crippen molar-refractivity contribution in [2.75, 3.05) is 12.4 Å². The van der Waals surface area contributed by atoms with Crippen molar-refractivity contribution in [3.63, 3.8) is 0 Å². The predicted octanol–water partition coefficient (Wildman–Crippen LogP) is 5.16. The van der Waals surface area contributed by atoms with Crippen LogP contribution in [0.2, 0.25) is 5.02 Å². The smallest absolute Gasteiger partial charge is 0.295 e. The molecule has 7 heteroatoms. The maximum atomic E-state index is 12.9. The fourth-order valence-electron chi connectivity index (χ4n) is 2.99. The zero-order chi connectivity index (χ0) is 21.1. The molecule has 0 aliphatic heterocycles. The number of aromatic nitrogens is 3. The molecule has 4 rings (SSSR count). The van der Waals surface area contributed by atoms with Crippen LogP contribution in [0.3, 0.4) is 0 Å². The summed E-state index contributed by atoms with van der Waals surface area (Å²) >= 11 is 6.03. The first-order valence-electron chi connectivity index (χ1n) is 9.29. The minimum absolute atomic E-state index is 0.0685. The Hall–Kier alpha value is -3.64. The number of anilines is 1. The highest BCUT2D eigenvalue weighted by Crippen LogP contribution is 2.25. The first-order chi connectivity index (χ1) is 14.5. The van der Waals surface area contributed by atoms with Gasteiger partial charge in [-0.2, -0.15) is 0 Å². The van der Waals surface area contributed by atoms with Gasteiger partial charge in [0.25, 0.3) is 5.91 Å². The van der Waals surface area contributed by atoms with Crippen LogP contribution in [0.4, 0.5) is 5.69 Å². The lowest BCUT2D eigenvalue weighted by molar-refractivity contribution is 0.101. The molecule has 1 N–H and O–H groups in total. The van der Waals surface area contributed by atoms with Gasteiger partial charge >= 0.3 is 0 Å². The van der Waals surface area contributed by atoms with Gasteiger partial charge in [0.1, 0.15) is 5.75 Å². The van der Waals surface area contributed by atoms with E-state index in [1.165, 1.54) is 0 Å². The summed E-state index contributed by atoms with van der Waals surface area (Å²) in [5.74, 6) is 0.953. The van der Waals surface area contributed by atoms with Gasteiger partial charge in [-0.3, -0.25) is 4.79 Å². The molecular weight excluding hydrogens is 400 g/mol. The number of hydrogen-bond acceptors (Lipinski definition) is 4. The highest BCUT2D eigenvalue weighted by Gasteiger charge is 2.19. The number of aryl methyl sites for hydroxylation is 1. The number of para-hydroxylation sites is 1. The molecule has 0 unspecified atom stereocenters. The highest BCUT2D eigenvalue weighted by atomic mass is 35.5. The standard InChI is InChI=1S/C23H19ClN4O2/c1-15-5-3-4-6-20(15)25-23(29)21-26-22(16-7-13-19(30-2)14-8-16)28(27-21)18-11-9-17(24)10-12-18/h3-14H,1-2H3,(H,25,29). The SMILES string of the molecule is COc1ccc(-c2nc(C(=O)Nc3ccccc3C)nn2-c2ccc(Cl)cc2)cc1. The molecule has 0 saturated heterocycles. The second kappa shape index (κ2) is 8.39. The number of carbonyl (C=O) groups is 1. The van der Waals surface area contributed by atoms with Gasteiger partial charge in [0.05, 0.1) is 12.8 Å². The van der Waals surface area contributed by atoms with Crippen LogP contribution in [0.1, 0.15) is 16.2 Å². The van der Waals surface area contributed by atoms with Crippen molar-refractivity contribution in [2.24, 2.45) is 0 Å². The summed E-state index contributed by atoms with van der Waals surface area (Å²) in [7, 11) is 1.61. The molecular formula is C23H19ClN4O2. The Kier molecular flexibility index (Phi) is 5.50. The van der Waals surface area contributed by atoms with Crippen LogP contribution < -0.4 is 10.1 Å². The topological polar surface area (TPSA) is 69.0 Å². The van der Waals surface area contributed by atoms with Crippen LogP contribution in [0.15, 0.2) is 72.8 Å². The Balaban J connectivity index is 1.75. The molecule has 0 atom stereocenters. The summed E-state index contributed by atoms with van der Waals surface area (Å²) in [5, 5.41) is 7.97. The number of methoxy groups -OCH3 is 1. The third-order valence-electron chi connectivity index (χ3n) is 4.62. The Morgan fingerprint density at radius 3 is 2.37 bits per heavy atom. The molecule has 0 aliphatic carbocycles. The van der Waals surface area contributed by atoms with E-state index in [1.54, 1.807) is 23.9 Å². The number of amides is 1. The second-order valence-corrected chi connectivity index (χ2v) is 7.08. The summed E-state index contributed by atoms with van der Waals surface area (Å²) in [6.45, 7) is 1.93. The fourth-order valence-corrected chi connectivity index (χ4v) is 3.11. The zero-order valence-electron chi connectivity index (χ0n) is 16.5. The van der Waals surface area contributed by atoms with E-state index in [9.17, 15) is 4.79 Å². The molecule has 0 fully saturated rings. The van der Waals surface area contributed by atoms with Crippen molar-refractivity contribution in [3.05, 3.63) is 89.2 Å². The van der Waals surface area contributed by atoms with Crippen molar-refractivity contribution in [1.82, 2.24) is 14.8 Å². The average molecular weight is 419 g/mol. The number of benzene rings is 3. The van der Waals surface area contributed by atoms with Crippen LogP contribution in [0.5, 0.6) is 5.75 Å². The number of halogens is 1. The molecule has 1 aromatic heterocycles. The molecule has 0 saturated carbocycles. The Bertz CT molecular complexity index is 1180. The highest BCUT2D eigenvalue weighted by molar-refractivity contribution is 6.30. The van der Waals surface area contributed by atoms with Crippen LogP contribution in [-0.4, -0.2) is 27.8 Å². The summed E-state index contributed by atoms with van der Waals surface area (Å²) in [6.07, 6.45) is 0. The maximum Gasteiger partial charge on any atom is 0.295 e. The quantitative estimate of drug-likeness (QED) is 0.486. The second-order valence-electron chi connectivity index (χ2n) is 6.64. The number of nitrogens with one attached hydrogen (secondary N) is 1. The third-order valence-corrected chi connectivity index (χ3v) is 4.87. The molecule has 0 radical (unpaired) electrons. The zero-order valence-corrected chi connectivity index (χ0v) is 17.2. The van der Waals surface area contributed by atoms with Crippen molar-refractivity contribution < 1.29 is 9.53 Å².